The number of amides is 1. The number of rotatable bonds is 5. The predicted octanol–water partition coefficient (Wildman–Crippen LogP) is 1.96. The summed E-state index contributed by atoms with van der Waals surface area (Å²) in [4.78, 5) is 22.7. The Morgan fingerprint density at radius 3 is 2.72 bits per heavy atom. The molecule has 6 heteroatoms. The lowest BCUT2D eigenvalue weighted by Gasteiger charge is -2.11. The highest BCUT2D eigenvalue weighted by Gasteiger charge is 2.14. The SMILES string of the molecule is CC(CN)CC(=O)Nc1ccc(Cl)cc1C(=O)O. The zero-order valence-corrected chi connectivity index (χ0v) is 10.7. The number of hydrogen-bond acceptors (Lipinski definition) is 3. The Kier molecular flexibility index (Phi) is 5.12. The number of anilines is 1. The number of carbonyl (C=O) groups is 2. The molecule has 0 radical (unpaired) electrons. The summed E-state index contributed by atoms with van der Waals surface area (Å²) in [5, 5.41) is 11.9. The van der Waals surface area contributed by atoms with Crippen molar-refractivity contribution in [1.82, 2.24) is 0 Å². The summed E-state index contributed by atoms with van der Waals surface area (Å²) in [7, 11) is 0. The van der Waals surface area contributed by atoms with Crippen LogP contribution in [-0.2, 0) is 4.79 Å². The third-order valence-electron chi connectivity index (χ3n) is 2.42. The molecule has 98 valence electrons. The van der Waals surface area contributed by atoms with Crippen LogP contribution in [0.15, 0.2) is 18.2 Å². The molecule has 1 amide bonds. The normalized spacial score (nSPS) is 11.9. The summed E-state index contributed by atoms with van der Waals surface area (Å²) in [5.41, 5.74) is 5.63. The fourth-order valence-electron chi connectivity index (χ4n) is 1.40. The van der Waals surface area contributed by atoms with Crippen LogP contribution >= 0.6 is 11.6 Å². The van der Waals surface area contributed by atoms with Crippen molar-refractivity contribution in [2.24, 2.45) is 11.7 Å². The van der Waals surface area contributed by atoms with Gasteiger partial charge < -0.3 is 16.2 Å². The van der Waals surface area contributed by atoms with Crippen molar-refractivity contribution in [2.45, 2.75) is 13.3 Å². The molecule has 0 bridgehead atoms. The van der Waals surface area contributed by atoms with Gasteiger partial charge in [-0.05, 0) is 30.7 Å². The van der Waals surface area contributed by atoms with E-state index in [1.54, 1.807) is 0 Å². The number of hydrogen-bond donors (Lipinski definition) is 3. The molecule has 4 N–H and O–H groups in total. The Morgan fingerprint density at radius 1 is 1.50 bits per heavy atom. The van der Waals surface area contributed by atoms with Gasteiger partial charge in [-0.3, -0.25) is 4.79 Å². The molecular formula is C12H15ClN2O3. The molecule has 0 aliphatic heterocycles. The summed E-state index contributed by atoms with van der Waals surface area (Å²) >= 11 is 5.71. The maximum Gasteiger partial charge on any atom is 0.337 e. The number of carbonyl (C=O) groups excluding carboxylic acids is 1. The summed E-state index contributed by atoms with van der Waals surface area (Å²) in [6, 6.07) is 4.29. The molecule has 0 fully saturated rings. The first kappa shape index (κ1) is 14.5. The highest BCUT2D eigenvalue weighted by molar-refractivity contribution is 6.31. The largest absolute Gasteiger partial charge is 0.478 e. The first-order chi connectivity index (χ1) is 8.43. The zero-order valence-electron chi connectivity index (χ0n) is 9.94. The minimum atomic E-state index is -1.14. The number of nitrogens with one attached hydrogen (secondary N) is 1. The average Bonchev–Trinajstić information content (AvgIpc) is 2.30. The quantitative estimate of drug-likeness (QED) is 0.762. The van der Waals surface area contributed by atoms with Crippen LogP contribution < -0.4 is 11.1 Å². The van der Waals surface area contributed by atoms with Gasteiger partial charge in [-0.1, -0.05) is 18.5 Å². The van der Waals surface area contributed by atoms with Gasteiger partial charge in [0, 0.05) is 11.4 Å². The maximum atomic E-state index is 11.6. The molecule has 1 atom stereocenters. The lowest BCUT2D eigenvalue weighted by molar-refractivity contribution is -0.116. The molecule has 0 aromatic heterocycles. The summed E-state index contributed by atoms with van der Waals surface area (Å²) < 4.78 is 0. The van der Waals surface area contributed by atoms with Gasteiger partial charge >= 0.3 is 5.97 Å². The topological polar surface area (TPSA) is 92.4 Å². The Bertz CT molecular complexity index is 463. The van der Waals surface area contributed by atoms with E-state index < -0.39 is 5.97 Å². The van der Waals surface area contributed by atoms with Crippen LogP contribution in [-0.4, -0.2) is 23.5 Å². The molecule has 18 heavy (non-hydrogen) atoms. The van der Waals surface area contributed by atoms with Crippen molar-refractivity contribution < 1.29 is 14.7 Å². The van der Waals surface area contributed by atoms with Gasteiger partial charge in [-0.25, -0.2) is 4.79 Å². The van der Waals surface area contributed by atoms with Crippen molar-refractivity contribution >= 4 is 29.2 Å². The van der Waals surface area contributed by atoms with E-state index in [2.05, 4.69) is 5.32 Å². The number of nitrogens with two attached hydrogens (primary N) is 1. The predicted molar refractivity (Wildman–Crippen MR) is 69.9 cm³/mol. The molecule has 0 aliphatic carbocycles. The number of carboxylic acid groups (broad SMARTS) is 1. The van der Waals surface area contributed by atoms with E-state index >= 15 is 0 Å². The summed E-state index contributed by atoms with van der Waals surface area (Å²) in [6.07, 6.45) is 0.248. The maximum absolute atomic E-state index is 11.6. The Morgan fingerprint density at radius 2 is 2.17 bits per heavy atom. The van der Waals surface area contributed by atoms with Crippen molar-refractivity contribution in [3.63, 3.8) is 0 Å². The zero-order chi connectivity index (χ0) is 13.7. The molecule has 0 spiro atoms. The van der Waals surface area contributed by atoms with E-state index in [0.717, 1.165) is 0 Å². The van der Waals surface area contributed by atoms with Crippen molar-refractivity contribution in [1.29, 1.82) is 0 Å². The molecule has 0 aliphatic rings. The first-order valence-corrected chi connectivity index (χ1v) is 5.84. The van der Waals surface area contributed by atoms with Crippen LogP contribution in [0, 0.1) is 5.92 Å². The molecule has 1 aromatic carbocycles. The van der Waals surface area contributed by atoms with E-state index in [0.29, 0.717) is 11.6 Å². The minimum Gasteiger partial charge on any atom is -0.478 e. The number of benzene rings is 1. The van der Waals surface area contributed by atoms with Crippen LogP contribution in [0.1, 0.15) is 23.7 Å². The lowest BCUT2D eigenvalue weighted by atomic mass is 10.1. The van der Waals surface area contributed by atoms with Gasteiger partial charge in [0.25, 0.3) is 0 Å². The fraction of sp³-hybridized carbons (Fsp3) is 0.333. The van der Waals surface area contributed by atoms with E-state index in [-0.39, 0.29) is 29.5 Å². The smallest absolute Gasteiger partial charge is 0.337 e. The molecule has 5 nitrogen and oxygen atoms in total. The average molecular weight is 271 g/mol. The third kappa shape index (κ3) is 4.01. The van der Waals surface area contributed by atoms with E-state index in [1.165, 1.54) is 18.2 Å². The Balaban J connectivity index is 2.84. The van der Waals surface area contributed by atoms with Gasteiger partial charge in [0.05, 0.1) is 11.3 Å². The second-order valence-electron chi connectivity index (χ2n) is 4.09. The summed E-state index contributed by atoms with van der Waals surface area (Å²) in [5.74, 6) is -1.36. The molecule has 1 rings (SSSR count). The standard InChI is InChI=1S/C12H15ClN2O3/c1-7(6-14)4-11(16)15-10-3-2-8(13)5-9(10)12(17)18/h2-3,5,7H,4,6,14H2,1H3,(H,15,16)(H,17,18). The Labute approximate surface area is 110 Å². The van der Waals surface area contributed by atoms with Crippen molar-refractivity contribution in [2.75, 3.05) is 11.9 Å². The second kappa shape index (κ2) is 6.37. The van der Waals surface area contributed by atoms with Crippen LogP contribution in [0.2, 0.25) is 5.02 Å². The van der Waals surface area contributed by atoms with Crippen LogP contribution in [0.3, 0.4) is 0 Å². The molecule has 0 saturated heterocycles. The van der Waals surface area contributed by atoms with Crippen LogP contribution in [0.4, 0.5) is 5.69 Å². The number of aromatic carboxylic acids is 1. The minimum absolute atomic E-state index is 0.0312. The fourth-order valence-corrected chi connectivity index (χ4v) is 1.58. The second-order valence-corrected chi connectivity index (χ2v) is 4.52. The van der Waals surface area contributed by atoms with E-state index in [1.807, 2.05) is 6.92 Å². The van der Waals surface area contributed by atoms with Gasteiger partial charge in [0.1, 0.15) is 0 Å². The number of carboxylic acids is 1. The first-order valence-electron chi connectivity index (χ1n) is 5.46. The van der Waals surface area contributed by atoms with Gasteiger partial charge in [0.2, 0.25) is 5.91 Å². The Hall–Kier alpha value is -1.59. The van der Waals surface area contributed by atoms with Crippen LogP contribution in [0.25, 0.3) is 0 Å². The van der Waals surface area contributed by atoms with Gasteiger partial charge in [0.15, 0.2) is 0 Å². The summed E-state index contributed by atoms with van der Waals surface area (Å²) in [6.45, 7) is 2.25. The van der Waals surface area contributed by atoms with Gasteiger partial charge in [-0.2, -0.15) is 0 Å². The van der Waals surface area contributed by atoms with Crippen molar-refractivity contribution in [3.8, 4) is 0 Å². The molecule has 1 aromatic rings. The molecule has 1 unspecified atom stereocenters. The number of halogens is 1. The molecule has 0 saturated carbocycles. The molecule has 0 heterocycles. The van der Waals surface area contributed by atoms with Crippen LogP contribution in [0.5, 0.6) is 0 Å². The third-order valence-corrected chi connectivity index (χ3v) is 2.66. The van der Waals surface area contributed by atoms with Gasteiger partial charge in [-0.15, -0.1) is 0 Å². The highest BCUT2D eigenvalue weighted by Crippen LogP contribution is 2.21. The highest BCUT2D eigenvalue weighted by atomic mass is 35.5. The monoisotopic (exact) mass is 270 g/mol. The lowest BCUT2D eigenvalue weighted by Crippen LogP contribution is -2.21. The van der Waals surface area contributed by atoms with E-state index in [4.69, 9.17) is 22.4 Å². The molecular weight excluding hydrogens is 256 g/mol. The van der Waals surface area contributed by atoms with Crippen molar-refractivity contribution in [3.05, 3.63) is 28.8 Å². The van der Waals surface area contributed by atoms with E-state index in [9.17, 15) is 9.59 Å².